The van der Waals surface area contributed by atoms with Gasteiger partial charge in [0.2, 0.25) is 11.7 Å². The van der Waals surface area contributed by atoms with Crippen molar-refractivity contribution in [3.63, 3.8) is 0 Å². The summed E-state index contributed by atoms with van der Waals surface area (Å²) < 4.78 is 11.2. The Balaban J connectivity index is 1.65. The Morgan fingerprint density at radius 2 is 1.90 bits per heavy atom. The van der Waals surface area contributed by atoms with Crippen molar-refractivity contribution in [2.75, 3.05) is 7.05 Å². The van der Waals surface area contributed by atoms with Gasteiger partial charge in [0.15, 0.2) is 6.10 Å². The van der Waals surface area contributed by atoms with Crippen LogP contribution >= 0.6 is 11.6 Å². The first kappa shape index (κ1) is 20.9. The number of nitrogens with zero attached hydrogens (tertiary/aromatic N) is 3. The van der Waals surface area contributed by atoms with Crippen molar-refractivity contribution < 1.29 is 14.1 Å². The fraction of sp³-hybridized carbons (Fsp3) is 0.318. The number of carbonyl (C=O) groups is 1. The van der Waals surface area contributed by atoms with Crippen LogP contribution in [0.3, 0.4) is 0 Å². The highest BCUT2D eigenvalue weighted by atomic mass is 35.5. The Hall–Kier alpha value is -2.86. The zero-order chi connectivity index (χ0) is 21.1. The van der Waals surface area contributed by atoms with Gasteiger partial charge in [0.1, 0.15) is 5.75 Å². The van der Waals surface area contributed by atoms with Crippen molar-refractivity contribution in [1.82, 2.24) is 15.0 Å². The molecule has 0 aliphatic heterocycles. The lowest BCUT2D eigenvalue weighted by molar-refractivity contribution is -0.137. The molecule has 7 heteroatoms. The number of ether oxygens (including phenoxy) is 1. The van der Waals surface area contributed by atoms with E-state index in [1.54, 1.807) is 26.1 Å². The molecule has 0 saturated heterocycles. The average Bonchev–Trinajstić information content (AvgIpc) is 3.14. The maximum Gasteiger partial charge on any atom is 0.263 e. The first-order chi connectivity index (χ1) is 13.7. The van der Waals surface area contributed by atoms with Gasteiger partial charge in [-0.15, -0.1) is 0 Å². The number of amides is 1. The van der Waals surface area contributed by atoms with Gasteiger partial charge in [0.25, 0.3) is 5.91 Å². The van der Waals surface area contributed by atoms with Gasteiger partial charge in [-0.05, 0) is 74.7 Å². The van der Waals surface area contributed by atoms with Crippen LogP contribution in [-0.2, 0) is 11.3 Å². The van der Waals surface area contributed by atoms with Crippen LogP contribution in [0.2, 0.25) is 5.02 Å². The van der Waals surface area contributed by atoms with Crippen LogP contribution in [0.1, 0.15) is 29.5 Å². The van der Waals surface area contributed by atoms with Crippen LogP contribution in [0.5, 0.6) is 5.75 Å². The number of likely N-dealkylation sites (N-methyl/N-ethyl adjacent to an activating group) is 1. The number of aromatic nitrogens is 2. The zero-order valence-electron chi connectivity index (χ0n) is 17.2. The van der Waals surface area contributed by atoms with Gasteiger partial charge < -0.3 is 14.2 Å². The standard InChI is InChI=1S/C22H24ClN3O3/c1-13-10-14(2)15(3)19(11-13)28-16(4)22(27)26(5)12-20-24-21(25-29-20)17-6-8-18(23)9-7-17/h6-11,16H,12H2,1-5H3/t16-/m0/s1. The van der Waals surface area contributed by atoms with Crippen LogP contribution in [0.15, 0.2) is 40.9 Å². The molecule has 3 aromatic rings. The molecule has 0 N–H and O–H groups in total. The van der Waals surface area contributed by atoms with E-state index in [9.17, 15) is 4.79 Å². The number of halogens is 1. The Morgan fingerprint density at radius 3 is 2.59 bits per heavy atom. The average molecular weight is 414 g/mol. The Kier molecular flexibility index (Phi) is 6.23. The number of hydrogen-bond acceptors (Lipinski definition) is 5. The van der Waals surface area contributed by atoms with Crippen molar-refractivity contribution in [2.24, 2.45) is 0 Å². The van der Waals surface area contributed by atoms with Crippen LogP contribution in [-0.4, -0.2) is 34.1 Å². The molecule has 0 radical (unpaired) electrons. The molecule has 0 spiro atoms. The second kappa shape index (κ2) is 8.66. The predicted octanol–water partition coefficient (Wildman–Crippen LogP) is 4.74. The van der Waals surface area contributed by atoms with Crippen molar-refractivity contribution >= 4 is 17.5 Å². The van der Waals surface area contributed by atoms with Gasteiger partial charge in [-0.25, -0.2) is 0 Å². The van der Waals surface area contributed by atoms with Gasteiger partial charge in [-0.2, -0.15) is 4.98 Å². The lowest BCUT2D eigenvalue weighted by atomic mass is 10.1. The van der Waals surface area contributed by atoms with Gasteiger partial charge >= 0.3 is 0 Å². The minimum absolute atomic E-state index is 0.171. The van der Waals surface area contributed by atoms with E-state index in [4.69, 9.17) is 20.9 Å². The van der Waals surface area contributed by atoms with Gasteiger partial charge in [0.05, 0.1) is 6.54 Å². The molecule has 1 atom stereocenters. The maximum atomic E-state index is 12.7. The van der Waals surface area contributed by atoms with Crippen LogP contribution < -0.4 is 4.74 Å². The molecule has 0 fully saturated rings. The minimum atomic E-state index is -0.640. The Labute approximate surface area is 175 Å². The topological polar surface area (TPSA) is 68.5 Å². The smallest absolute Gasteiger partial charge is 0.263 e. The number of rotatable bonds is 6. The van der Waals surface area contributed by atoms with Crippen LogP contribution in [0, 0.1) is 20.8 Å². The largest absolute Gasteiger partial charge is 0.481 e. The summed E-state index contributed by atoms with van der Waals surface area (Å²) >= 11 is 5.90. The summed E-state index contributed by atoms with van der Waals surface area (Å²) in [6, 6.07) is 11.2. The first-order valence-corrected chi connectivity index (χ1v) is 9.70. The molecule has 3 rings (SSSR count). The molecule has 0 aliphatic rings. The van der Waals surface area contributed by atoms with Crippen molar-refractivity contribution in [2.45, 2.75) is 40.3 Å². The van der Waals surface area contributed by atoms with Gasteiger partial charge in [-0.3, -0.25) is 4.79 Å². The molecule has 29 heavy (non-hydrogen) atoms. The van der Waals surface area contributed by atoms with Crippen molar-refractivity contribution in [3.8, 4) is 17.1 Å². The number of benzene rings is 2. The van der Waals surface area contributed by atoms with Crippen LogP contribution in [0.4, 0.5) is 0 Å². The van der Waals surface area contributed by atoms with E-state index in [0.29, 0.717) is 16.7 Å². The third kappa shape index (κ3) is 4.95. The number of carbonyl (C=O) groups excluding carboxylic acids is 1. The second-order valence-electron chi connectivity index (χ2n) is 7.18. The molecule has 0 aliphatic carbocycles. The molecule has 0 bridgehead atoms. The normalized spacial score (nSPS) is 11.9. The highest BCUT2D eigenvalue weighted by Gasteiger charge is 2.22. The molecular weight excluding hydrogens is 390 g/mol. The summed E-state index contributed by atoms with van der Waals surface area (Å²) in [7, 11) is 1.68. The molecule has 1 aromatic heterocycles. The van der Waals surface area contributed by atoms with Crippen LogP contribution in [0.25, 0.3) is 11.4 Å². The molecular formula is C22H24ClN3O3. The Morgan fingerprint density at radius 1 is 1.21 bits per heavy atom. The van der Waals surface area contributed by atoms with E-state index < -0.39 is 6.10 Å². The van der Waals surface area contributed by atoms with E-state index in [-0.39, 0.29) is 12.5 Å². The summed E-state index contributed by atoms with van der Waals surface area (Å²) in [6.07, 6.45) is -0.640. The highest BCUT2D eigenvalue weighted by molar-refractivity contribution is 6.30. The SMILES string of the molecule is Cc1cc(C)c(C)c(O[C@@H](C)C(=O)N(C)Cc2nc(-c3ccc(Cl)cc3)no2)c1. The molecule has 6 nitrogen and oxygen atoms in total. The van der Waals surface area contributed by atoms with Crippen molar-refractivity contribution in [3.05, 3.63) is 64.0 Å². The molecule has 152 valence electrons. The zero-order valence-corrected chi connectivity index (χ0v) is 17.9. The summed E-state index contributed by atoms with van der Waals surface area (Å²) in [5.41, 5.74) is 4.05. The van der Waals surface area contributed by atoms with E-state index in [1.807, 2.05) is 39.0 Å². The summed E-state index contributed by atoms with van der Waals surface area (Å²) in [6.45, 7) is 7.96. The highest BCUT2D eigenvalue weighted by Crippen LogP contribution is 2.25. The fourth-order valence-electron chi connectivity index (χ4n) is 2.99. The predicted molar refractivity (Wildman–Crippen MR) is 112 cm³/mol. The van der Waals surface area contributed by atoms with E-state index >= 15 is 0 Å². The van der Waals surface area contributed by atoms with Crippen molar-refractivity contribution in [1.29, 1.82) is 0 Å². The van der Waals surface area contributed by atoms with E-state index in [1.165, 1.54) is 4.90 Å². The van der Waals surface area contributed by atoms with Gasteiger partial charge in [0, 0.05) is 17.6 Å². The first-order valence-electron chi connectivity index (χ1n) is 9.32. The monoisotopic (exact) mass is 413 g/mol. The third-order valence-electron chi connectivity index (χ3n) is 4.73. The van der Waals surface area contributed by atoms with Gasteiger partial charge in [-0.1, -0.05) is 22.8 Å². The Bertz CT molecular complexity index is 1010. The number of hydrogen-bond donors (Lipinski definition) is 0. The molecule has 1 amide bonds. The summed E-state index contributed by atoms with van der Waals surface area (Å²) in [5.74, 6) is 1.35. The summed E-state index contributed by atoms with van der Waals surface area (Å²) in [4.78, 5) is 18.6. The molecule has 0 saturated carbocycles. The lowest BCUT2D eigenvalue weighted by Gasteiger charge is -2.22. The quantitative estimate of drug-likeness (QED) is 0.583. The van der Waals surface area contributed by atoms with E-state index in [0.717, 1.165) is 28.0 Å². The fourth-order valence-corrected chi connectivity index (χ4v) is 3.12. The molecule has 0 unspecified atom stereocenters. The maximum absolute atomic E-state index is 12.7. The van der Waals surface area contributed by atoms with E-state index in [2.05, 4.69) is 16.2 Å². The third-order valence-corrected chi connectivity index (χ3v) is 4.99. The molecule has 2 aromatic carbocycles. The molecule has 1 heterocycles. The second-order valence-corrected chi connectivity index (χ2v) is 7.61. The number of aryl methyl sites for hydroxylation is 2. The minimum Gasteiger partial charge on any atom is -0.481 e. The summed E-state index contributed by atoms with van der Waals surface area (Å²) in [5, 5.41) is 4.61. The lowest BCUT2D eigenvalue weighted by Crippen LogP contribution is -2.37.